The second kappa shape index (κ2) is 8.11. The van der Waals surface area contributed by atoms with Crippen LogP contribution in [0.1, 0.15) is 18.9 Å². The second-order valence-electron chi connectivity index (χ2n) is 3.30. The highest BCUT2D eigenvalue weighted by Crippen LogP contribution is 2.10. The lowest BCUT2D eigenvalue weighted by Crippen LogP contribution is -3.00. The number of hydrogen-bond donors (Lipinski definition) is 2. The Kier molecular flexibility index (Phi) is 8.06. The average molecular weight is 294 g/mol. The smallest absolute Gasteiger partial charge is 0.0584 e. The topological polar surface area (TPSA) is 32.3 Å². The summed E-state index contributed by atoms with van der Waals surface area (Å²) in [4.78, 5) is 0. The monoisotopic (exact) mass is 292 g/mol. The van der Waals surface area contributed by atoms with Gasteiger partial charge in [0.2, 0.25) is 0 Å². The van der Waals surface area contributed by atoms with Gasteiger partial charge in [-0.05, 0) is 24.1 Å². The van der Waals surface area contributed by atoms with Crippen molar-refractivity contribution >= 4 is 15.9 Å². The Labute approximate surface area is 106 Å². The van der Waals surface area contributed by atoms with Gasteiger partial charge in [0.05, 0.1) is 6.61 Å². The van der Waals surface area contributed by atoms with E-state index in [1.54, 1.807) is 0 Å². The first-order valence-electron chi connectivity index (χ1n) is 4.85. The van der Waals surface area contributed by atoms with Crippen LogP contribution in [0, 0.1) is 0 Å². The number of rotatable bonds is 5. The molecule has 86 valence electrons. The number of nitrogens with one attached hydrogen (secondary N) is 1. The van der Waals surface area contributed by atoms with Crippen molar-refractivity contribution < 1.29 is 17.5 Å². The van der Waals surface area contributed by atoms with Crippen molar-refractivity contribution in [1.29, 1.82) is 0 Å². The van der Waals surface area contributed by atoms with Crippen LogP contribution in [0.3, 0.4) is 0 Å². The summed E-state index contributed by atoms with van der Waals surface area (Å²) in [7, 11) is 0. The summed E-state index contributed by atoms with van der Waals surface area (Å²) in [5.74, 6) is 0. The van der Waals surface area contributed by atoms with Crippen molar-refractivity contribution in [2.75, 3.05) is 6.61 Å². The lowest BCUT2D eigenvalue weighted by Gasteiger charge is -2.13. The molecule has 0 saturated heterocycles. The number of hydrogen-bond acceptors (Lipinski definition) is 2. The van der Waals surface area contributed by atoms with E-state index >= 15 is 0 Å². The van der Waals surface area contributed by atoms with Gasteiger partial charge in [-0.1, -0.05) is 35.0 Å². The van der Waals surface area contributed by atoms with Gasteiger partial charge in [-0.2, -0.15) is 0 Å². The predicted octanol–water partition coefficient (Wildman–Crippen LogP) is -0.686. The van der Waals surface area contributed by atoms with Gasteiger partial charge in [-0.3, -0.25) is 0 Å². The lowest BCUT2D eigenvalue weighted by molar-refractivity contribution is -0.00000384. The van der Waals surface area contributed by atoms with Crippen LogP contribution in [0.15, 0.2) is 28.7 Å². The number of halogens is 2. The van der Waals surface area contributed by atoms with Gasteiger partial charge in [-0.15, -0.1) is 0 Å². The molecule has 1 unspecified atom stereocenters. The van der Waals surface area contributed by atoms with Crippen LogP contribution in [-0.2, 0) is 6.54 Å². The van der Waals surface area contributed by atoms with Crippen molar-refractivity contribution in [3.05, 3.63) is 34.3 Å². The van der Waals surface area contributed by atoms with Crippen molar-refractivity contribution in [2.24, 2.45) is 0 Å². The van der Waals surface area contributed by atoms with E-state index in [9.17, 15) is 0 Å². The molecule has 0 radical (unpaired) electrons. The van der Waals surface area contributed by atoms with Gasteiger partial charge < -0.3 is 22.8 Å². The quantitative estimate of drug-likeness (QED) is 0.754. The molecule has 0 aromatic heterocycles. The zero-order valence-corrected chi connectivity index (χ0v) is 11.1. The first-order chi connectivity index (χ1) is 6.76. The van der Waals surface area contributed by atoms with Crippen LogP contribution < -0.4 is 17.7 Å². The molecule has 1 atom stereocenters. The van der Waals surface area contributed by atoms with Gasteiger partial charge in [0, 0.05) is 17.1 Å². The van der Waals surface area contributed by atoms with E-state index in [-0.39, 0.29) is 25.1 Å². The van der Waals surface area contributed by atoms with E-state index in [4.69, 9.17) is 5.11 Å². The molecule has 0 spiro atoms. The van der Waals surface area contributed by atoms with Crippen LogP contribution in [0.4, 0.5) is 0 Å². The summed E-state index contributed by atoms with van der Waals surface area (Å²) < 4.78 is 1.09. The molecular formula is C11H16BrClNO-. The van der Waals surface area contributed by atoms with E-state index in [0.717, 1.165) is 17.4 Å². The van der Waals surface area contributed by atoms with E-state index in [1.807, 2.05) is 12.1 Å². The Hall–Kier alpha value is -0.0900. The van der Waals surface area contributed by atoms with Crippen LogP contribution in [0.25, 0.3) is 0 Å². The standard InChI is InChI=1S/C11H16BrNO.ClH/c1-2-11(8-14)13-7-9-3-5-10(12)6-4-9;/h3-6,11,13-14H,2,7-8H2,1H3;1H/p-1. The minimum Gasteiger partial charge on any atom is -1.00 e. The molecule has 0 aliphatic carbocycles. The molecular weight excluding hydrogens is 277 g/mol. The summed E-state index contributed by atoms with van der Waals surface area (Å²) in [6.45, 7) is 3.08. The molecule has 2 nitrogen and oxygen atoms in total. The van der Waals surface area contributed by atoms with Crippen molar-refractivity contribution in [3.63, 3.8) is 0 Å². The fraction of sp³-hybridized carbons (Fsp3) is 0.455. The fourth-order valence-corrected chi connectivity index (χ4v) is 1.47. The fourth-order valence-electron chi connectivity index (χ4n) is 1.20. The lowest BCUT2D eigenvalue weighted by atomic mass is 10.2. The first-order valence-corrected chi connectivity index (χ1v) is 5.64. The normalized spacial score (nSPS) is 11.9. The van der Waals surface area contributed by atoms with E-state index in [2.05, 4.69) is 40.3 Å². The van der Waals surface area contributed by atoms with Crippen LogP contribution >= 0.6 is 15.9 Å². The molecule has 1 rings (SSSR count). The molecule has 0 amide bonds. The molecule has 2 N–H and O–H groups in total. The van der Waals surface area contributed by atoms with Gasteiger partial charge in [0.25, 0.3) is 0 Å². The summed E-state index contributed by atoms with van der Waals surface area (Å²) in [5.41, 5.74) is 1.24. The third-order valence-electron chi connectivity index (χ3n) is 2.22. The maximum atomic E-state index is 8.98. The van der Waals surface area contributed by atoms with Gasteiger partial charge in [0.15, 0.2) is 0 Å². The molecule has 0 bridgehead atoms. The molecule has 0 fully saturated rings. The molecule has 0 heterocycles. The predicted molar refractivity (Wildman–Crippen MR) is 62.1 cm³/mol. The van der Waals surface area contributed by atoms with Crippen LogP contribution in [-0.4, -0.2) is 17.8 Å². The van der Waals surface area contributed by atoms with Crippen LogP contribution in [0.5, 0.6) is 0 Å². The molecule has 0 saturated carbocycles. The third-order valence-corrected chi connectivity index (χ3v) is 2.75. The Morgan fingerprint density at radius 2 is 1.93 bits per heavy atom. The number of aliphatic hydroxyl groups excluding tert-OH is 1. The Balaban J connectivity index is 0.00000196. The third kappa shape index (κ3) is 5.52. The summed E-state index contributed by atoms with van der Waals surface area (Å²) in [6, 6.07) is 8.40. The maximum Gasteiger partial charge on any atom is 0.0584 e. The van der Waals surface area contributed by atoms with Crippen molar-refractivity contribution in [2.45, 2.75) is 25.9 Å². The molecule has 15 heavy (non-hydrogen) atoms. The van der Waals surface area contributed by atoms with E-state index in [1.165, 1.54) is 5.56 Å². The highest BCUT2D eigenvalue weighted by molar-refractivity contribution is 9.10. The van der Waals surface area contributed by atoms with Gasteiger partial charge in [-0.25, -0.2) is 0 Å². The van der Waals surface area contributed by atoms with Gasteiger partial charge >= 0.3 is 0 Å². The van der Waals surface area contributed by atoms with Crippen molar-refractivity contribution in [3.8, 4) is 0 Å². The number of aliphatic hydroxyl groups is 1. The Bertz CT molecular complexity index is 262. The molecule has 0 aliphatic heterocycles. The van der Waals surface area contributed by atoms with Crippen molar-refractivity contribution in [1.82, 2.24) is 5.32 Å². The molecule has 0 aliphatic rings. The Morgan fingerprint density at radius 1 is 1.33 bits per heavy atom. The second-order valence-corrected chi connectivity index (χ2v) is 4.21. The molecule has 1 aromatic rings. The minimum absolute atomic E-state index is 0. The summed E-state index contributed by atoms with van der Waals surface area (Å²) in [6.07, 6.45) is 0.951. The average Bonchev–Trinajstić information content (AvgIpc) is 2.22. The highest BCUT2D eigenvalue weighted by atomic mass is 79.9. The van der Waals surface area contributed by atoms with E-state index < -0.39 is 0 Å². The van der Waals surface area contributed by atoms with Crippen LogP contribution in [0.2, 0.25) is 0 Å². The van der Waals surface area contributed by atoms with E-state index in [0.29, 0.717) is 0 Å². The SMILES string of the molecule is CCC(CO)NCc1ccc(Br)cc1.[Cl-]. The maximum absolute atomic E-state index is 8.98. The summed E-state index contributed by atoms with van der Waals surface area (Å²) >= 11 is 3.39. The highest BCUT2D eigenvalue weighted by Gasteiger charge is 2.02. The number of benzene rings is 1. The first kappa shape index (κ1) is 14.9. The molecule has 4 heteroatoms. The largest absolute Gasteiger partial charge is 1.00 e. The Morgan fingerprint density at radius 3 is 2.40 bits per heavy atom. The zero-order valence-electron chi connectivity index (χ0n) is 8.71. The molecule has 1 aromatic carbocycles. The zero-order chi connectivity index (χ0) is 10.4. The summed E-state index contributed by atoms with van der Waals surface area (Å²) in [5, 5.41) is 12.3. The minimum atomic E-state index is 0. The van der Waals surface area contributed by atoms with Gasteiger partial charge in [0.1, 0.15) is 0 Å².